The Balaban J connectivity index is 2.96. The van der Waals surface area contributed by atoms with Crippen LogP contribution in [0.1, 0.15) is 44.0 Å². The molecule has 0 radical (unpaired) electrons. The SMILES string of the molecule is CC(C)c1cn[nH]c1C(C)N. The van der Waals surface area contributed by atoms with Crippen molar-refractivity contribution in [2.45, 2.75) is 32.7 Å². The Morgan fingerprint density at radius 1 is 1.45 bits per heavy atom. The lowest BCUT2D eigenvalue weighted by Gasteiger charge is -2.07. The lowest BCUT2D eigenvalue weighted by Crippen LogP contribution is -2.08. The van der Waals surface area contributed by atoms with Gasteiger partial charge in [0.1, 0.15) is 0 Å². The van der Waals surface area contributed by atoms with Crippen LogP contribution in [0, 0.1) is 0 Å². The van der Waals surface area contributed by atoms with E-state index in [1.54, 1.807) is 0 Å². The van der Waals surface area contributed by atoms with Crippen molar-refractivity contribution in [1.82, 2.24) is 10.2 Å². The van der Waals surface area contributed by atoms with Gasteiger partial charge in [0.25, 0.3) is 0 Å². The Labute approximate surface area is 67.0 Å². The third-order valence-corrected chi connectivity index (χ3v) is 1.78. The number of H-pyrrole nitrogens is 1. The Hall–Kier alpha value is -0.830. The molecule has 0 saturated carbocycles. The van der Waals surface area contributed by atoms with Crippen molar-refractivity contribution >= 4 is 0 Å². The van der Waals surface area contributed by atoms with E-state index in [1.165, 1.54) is 5.56 Å². The fraction of sp³-hybridized carbons (Fsp3) is 0.625. The Morgan fingerprint density at radius 2 is 2.09 bits per heavy atom. The quantitative estimate of drug-likeness (QED) is 0.677. The van der Waals surface area contributed by atoms with Gasteiger partial charge in [0.05, 0.1) is 11.9 Å². The average Bonchev–Trinajstić information content (AvgIpc) is 2.32. The van der Waals surface area contributed by atoms with E-state index in [4.69, 9.17) is 5.73 Å². The van der Waals surface area contributed by atoms with E-state index in [2.05, 4.69) is 24.0 Å². The van der Waals surface area contributed by atoms with E-state index < -0.39 is 0 Å². The van der Waals surface area contributed by atoms with E-state index in [0.29, 0.717) is 5.92 Å². The molecule has 0 aliphatic carbocycles. The highest BCUT2D eigenvalue weighted by Gasteiger charge is 2.11. The minimum absolute atomic E-state index is 0.0508. The van der Waals surface area contributed by atoms with Crippen molar-refractivity contribution in [2.75, 3.05) is 0 Å². The molecule has 1 atom stereocenters. The Kier molecular flexibility index (Phi) is 2.29. The summed E-state index contributed by atoms with van der Waals surface area (Å²) < 4.78 is 0. The van der Waals surface area contributed by atoms with Crippen molar-refractivity contribution in [2.24, 2.45) is 5.73 Å². The number of hydrogen-bond acceptors (Lipinski definition) is 2. The van der Waals surface area contributed by atoms with Crippen molar-refractivity contribution in [3.63, 3.8) is 0 Å². The Morgan fingerprint density at radius 3 is 2.45 bits per heavy atom. The molecule has 0 aromatic carbocycles. The fourth-order valence-corrected chi connectivity index (χ4v) is 1.13. The number of nitrogens with two attached hydrogens (primary N) is 1. The van der Waals surface area contributed by atoms with Crippen LogP contribution >= 0.6 is 0 Å². The first-order valence-corrected chi connectivity index (χ1v) is 3.91. The second-order valence-electron chi connectivity index (χ2n) is 3.18. The van der Waals surface area contributed by atoms with Gasteiger partial charge < -0.3 is 5.73 Å². The van der Waals surface area contributed by atoms with Gasteiger partial charge >= 0.3 is 0 Å². The molecule has 1 heterocycles. The fourth-order valence-electron chi connectivity index (χ4n) is 1.13. The van der Waals surface area contributed by atoms with Crippen LogP contribution in [0.25, 0.3) is 0 Å². The summed E-state index contributed by atoms with van der Waals surface area (Å²) in [6.45, 7) is 6.23. The molecule has 11 heavy (non-hydrogen) atoms. The summed E-state index contributed by atoms with van der Waals surface area (Å²) in [5.41, 5.74) is 8.00. The smallest absolute Gasteiger partial charge is 0.0551 e. The molecular weight excluding hydrogens is 138 g/mol. The maximum Gasteiger partial charge on any atom is 0.0551 e. The molecule has 1 aromatic rings. The molecule has 3 N–H and O–H groups in total. The highest BCUT2D eigenvalue weighted by Crippen LogP contribution is 2.20. The van der Waals surface area contributed by atoms with Gasteiger partial charge in [-0.3, -0.25) is 5.10 Å². The monoisotopic (exact) mass is 153 g/mol. The van der Waals surface area contributed by atoms with Gasteiger partial charge in [0, 0.05) is 6.04 Å². The topological polar surface area (TPSA) is 54.7 Å². The van der Waals surface area contributed by atoms with Gasteiger partial charge in [0.2, 0.25) is 0 Å². The molecule has 1 rings (SSSR count). The molecule has 0 amide bonds. The van der Waals surface area contributed by atoms with Crippen LogP contribution in [0.15, 0.2) is 6.20 Å². The van der Waals surface area contributed by atoms with E-state index in [-0.39, 0.29) is 6.04 Å². The summed E-state index contributed by atoms with van der Waals surface area (Å²) in [5, 5.41) is 6.87. The molecule has 0 aliphatic rings. The third-order valence-electron chi connectivity index (χ3n) is 1.78. The predicted molar refractivity (Wildman–Crippen MR) is 45.3 cm³/mol. The van der Waals surface area contributed by atoms with Gasteiger partial charge in [-0.15, -0.1) is 0 Å². The summed E-state index contributed by atoms with van der Waals surface area (Å²) >= 11 is 0. The van der Waals surface area contributed by atoms with Crippen molar-refractivity contribution < 1.29 is 0 Å². The minimum atomic E-state index is 0.0508. The van der Waals surface area contributed by atoms with Crippen LogP contribution in [-0.2, 0) is 0 Å². The van der Waals surface area contributed by atoms with Crippen LogP contribution in [0.2, 0.25) is 0 Å². The van der Waals surface area contributed by atoms with Crippen molar-refractivity contribution in [3.05, 3.63) is 17.5 Å². The molecule has 1 unspecified atom stereocenters. The van der Waals surface area contributed by atoms with E-state index in [1.807, 2.05) is 13.1 Å². The average molecular weight is 153 g/mol. The van der Waals surface area contributed by atoms with Gasteiger partial charge in [-0.1, -0.05) is 13.8 Å². The summed E-state index contributed by atoms with van der Waals surface area (Å²) in [6, 6.07) is 0.0508. The summed E-state index contributed by atoms with van der Waals surface area (Å²) in [6.07, 6.45) is 1.85. The largest absolute Gasteiger partial charge is 0.323 e. The number of rotatable bonds is 2. The highest BCUT2D eigenvalue weighted by atomic mass is 15.1. The molecule has 3 heteroatoms. The van der Waals surface area contributed by atoms with E-state index in [9.17, 15) is 0 Å². The van der Waals surface area contributed by atoms with Gasteiger partial charge in [0.15, 0.2) is 0 Å². The number of nitrogens with zero attached hydrogens (tertiary/aromatic N) is 1. The van der Waals surface area contributed by atoms with Gasteiger partial charge in [-0.05, 0) is 18.4 Å². The first kappa shape index (κ1) is 8.27. The number of aromatic amines is 1. The summed E-state index contributed by atoms with van der Waals surface area (Å²) in [7, 11) is 0. The lowest BCUT2D eigenvalue weighted by atomic mass is 10.0. The van der Waals surface area contributed by atoms with Crippen LogP contribution in [0.5, 0.6) is 0 Å². The van der Waals surface area contributed by atoms with Crippen LogP contribution in [0.4, 0.5) is 0 Å². The van der Waals surface area contributed by atoms with E-state index >= 15 is 0 Å². The van der Waals surface area contributed by atoms with Gasteiger partial charge in [-0.2, -0.15) is 5.10 Å². The number of aromatic nitrogens is 2. The minimum Gasteiger partial charge on any atom is -0.323 e. The predicted octanol–water partition coefficient (Wildman–Crippen LogP) is 1.55. The number of hydrogen-bond donors (Lipinski definition) is 2. The highest BCUT2D eigenvalue weighted by molar-refractivity contribution is 5.22. The standard InChI is InChI=1S/C8H15N3/c1-5(2)7-4-10-11-8(7)6(3)9/h4-6H,9H2,1-3H3,(H,10,11). The third kappa shape index (κ3) is 1.60. The van der Waals surface area contributed by atoms with Crippen LogP contribution in [-0.4, -0.2) is 10.2 Å². The molecule has 0 bridgehead atoms. The van der Waals surface area contributed by atoms with E-state index in [0.717, 1.165) is 5.69 Å². The van der Waals surface area contributed by atoms with Crippen LogP contribution < -0.4 is 5.73 Å². The molecule has 0 aliphatic heterocycles. The normalized spacial score (nSPS) is 13.9. The maximum absolute atomic E-state index is 5.73. The number of nitrogens with one attached hydrogen (secondary N) is 1. The second-order valence-corrected chi connectivity index (χ2v) is 3.18. The Bertz CT molecular complexity index is 202. The van der Waals surface area contributed by atoms with Gasteiger partial charge in [-0.25, -0.2) is 0 Å². The zero-order chi connectivity index (χ0) is 8.43. The first-order chi connectivity index (χ1) is 5.13. The maximum atomic E-state index is 5.73. The summed E-state index contributed by atoms with van der Waals surface area (Å²) in [4.78, 5) is 0. The zero-order valence-corrected chi connectivity index (χ0v) is 7.26. The zero-order valence-electron chi connectivity index (χ0n) is 7.26. The van der Waals surface area contributed by atoms with Crippen molar-refractivity contribution in [3.8, 4) is 0 Å². The molecule has 62 valence electrons. The molecule has 1 aromatic heterocycles. The molecular formula is C8H15N3. The first-order valence-electron chi connectivity index (χ1n) is 3.91. The van der Waals surface area contributed by atoms with Crippen LogP contribution in [0.3, 0.4) is 0 Å². The summed E-state index contributed by atoms with van der Waals surface area (Å²) in [5.74, 6) is 0.495. The molecule has 0 fully saturated rings. The molecule has 0 saturated heterocycles. The second kappa shape index (κ2) is 3.05. The molecule has 0 spiro atoms. The molecule has 3 nitrogen and oxygen atoms in total. The lowest BCUT2D eigenvalue weighted by molar-refractivity contribution is 0.739. The van der Waals surface area contributed by atoms with Crippen molar-refractivity contribution in [1.29, 1.82) is 0 Å².